The van der Waals surface area contributed by atoms with Gasteiger partial charge in [-0.3, -0.25) is 4.57 Å². The van der Waals surface area contributed by atoms with Crippen LogP contribution < -0.4 is 20.4 Å². The molecule has 2 aliphatic carbocycles. The Kier molecular flexibility index (Phi) is 9.05. The first-order valence-corrected chi connectivity index (χ1v) is 18.3. The third-order valence-electron chi connectivity index (χ3n) is 10.7. The zero-order valence-corrected chi connectivity index (χ0v) is 32.1. The number of pyridine rings is 1. The lowest BCUT2D eigenvalue weighted by Crippen LogP contribution is -2.51. The smallest absolute Gasteiger partial charge is 0.252 e. The number of alkyl halides is 4. The van der Waals surface area contributed by atoms with Crippen molar-refractivity contribution >= 4 is 34.9 Å². The van der Waals surface area contributed by atoms with E-state index < -0.39 is 11.8 Å². The minimum Gasteiger partial charge on any atom is -0.373 e. The van der Waals surface area contributed by atoms with Crippen LogP contribution in [0.1, 0.15) is 87.2 Å². The number of fused-ring (bicyclic) bond motifs is 2. The van der Waals surface area contributed by atoms with E-state index in [9.17, 15) is 17.6 Å². The highest BCUT2D eigenvalue weighted by molar-refractivity contribution is 6.28. The van der Waals surface area contributed by atoms with Gasteiger partial charge in [-0.05, 0) is 36.6 Å². The van der Waals surface area contributed by atoms with Crippen LogP contribution in [0.3, 0.4) is 0 Å². The molecule has 0 atom stereocenters. The third kappa shape index (κ3) is 6.96. The molecule has 0 bridgehead atoms. The number of nitrogens with one attached hydrogen (secondary N) is 2. The standard InChI is InChI=1S/C24H29F2N7.C13H17ClF2N4/c1-14-6-16(10-28-21(14)32-11-15(2)29-13-32)7-18-30-20(27-5)19-22(31-18)33(12-23(19,3)4)17-8-24(25,26)9-17;1-12(2)6-20(7-4-13(15,16)5-7)10-8(12)9(17-3)18-11(14)19-10/h6,10-11,13,17H,7-9,12H2,1-5H3,(H,27,30,31);7H,4-6H2,1-3H3,(H,17,18,19). The number of hydrogen-bond donors (Lipinski definition) is 2. The van der Waals surface area contributed by atoms with Crippen molar-refractivity contribution in [2.45, 2.75) is 108 Å². The number of aromatic nitrogens is 7. The van der Waals surface area contributed by atoms with E-state index in [0.717, 1.165) is 45.4 Å². The second-order valence-corrected chi connectivity index (χ2v) is 16.5. The monoisotopic (exact) mass is 755 g/mol. The zero-order valence-electron chi connectivity index (χ0n) is 31.3. The summed E-state index contributed by atoms with van der Waals surface area (Å²) in [7, 11) is 3.62. The Bertz CT molecular complexity index is 2030. The third-order valence-corrected chi connectivity index (χ3v) is 10.9. The minimum absolute atomic E-state index is 0.112. The first kappa shape index (κ1) is 37.1. The van der Waals surface area contributed by atoms with Crippen molar-refractivity contribution < 1.29 is 17.6 Å². The molecule has 0 spiro atoms. The van der Waals surface area contributed by atoms with Crippen LogP contribution in [-0.4, -0.2) is 85.6 Å². The molecule has 4 aromatic heterocycles. The van der Waals surface area contributed by atoms with Crippen molar-refractivity contribution in [3.05, 3.63) is 63.8 Å². The number of anilines is 4. The summed E-state index contributed by atoms with van der Waals surface area (Å²) in [6, 6.07) is 1.73. The molecule has 0 saturated heterocycles. The summed E-state index contributed by atoms with van der Waals surface area (Å²) in [4.78, 5) is 31.1. The summed E-state index contributed by atoms with van der Waals surface area (Å²) in [5.41, 5.74) is 4.50. The average molecular weight is 756 g/mol. The van der Waals surface area contributed by atoms with Gasteiger partial charge in [0.15, 0.2) is 0 Å². The Morgan fingerprint density at radius 3 is 1.75 bits per heavy atom. The zero-order chi connectivity index (χ0) is 38.2. The number of halogens is 5. The number of imidazole rings is 1. The molecule has 2 aliphatic heterocycles. The molecule has 0 aromatic carbocycles. The van der Waals surface area contributed by atoms with E-state index in [1.54, 1.807) is 13.4 Å². The molecule has 2 fully saturated rings. The van der Waals surface area contributed by atoms with Gasteiger partial charge < -0.3 is 20.4 Å². The Hall–Kier alpha value is -4.27. The summed E-state index contributed by atoms with van der Waals surface area (Å²) in [6.45, 7) is 13.7. The van der Waals surface area contributed by atoms with Crippen molar-refractivity contribution in [2.24, 2.45) is 0 Å². The minimum atomic E-state index is -2.57. The molecule has 11 nitrogen and oxygen atoms in total. The van der Waals surface area contributed by atoms with Gasteiger partial charge in [0.2, 0.25) is 5.28 Å². The van der Waals surface area contributed by atoms with Gasteiger partial charge in [0.05, 0.1) is 5.69 Å². The lowest BCUT2D eigenvalue weighted by molar-refractivity contribution is -0.0865. The number of aryl methyl sites for hydroxylation is 2. The highest BCUT2D eigenvalue weighted by Gasteiger charge is 2.54. The normalized spacial score (nSPS) is 20.5. The predicted octanol–water partition coefficient (Wildman–Crippen LogP) is 7.27. The molecule has 4 aromatic rings. The number of hydrogen-bond acceptors (Lipinski definition) is 10. The topological polar surface area (TPSA) is 113 Å². The van der Waals surface area contributed by atoms with Gasteiger partial charge in [-0.2, -0.15) is 0 Å². The van der Waals surface area contributed by atoms with Crippen LogP contribution in [0.25, 0.3) is 5.82 Å². The second-order valence-electron chi connectivity index (χ2n) is 16.2. The molecule has 16 heteroatoms. The largest absolute Gasteiger partial charge is 0.373 e. The lowest BCUT2D eigenvalue weighted by atomic mass is 9.85. The highest BCUT2D eigenvalue weighted by Crippen LogP contribution is 2.51. The van der Waals surface area contributed by atoms with E-state index in [0.29, 0.717) is 37.0 Å². The Morgan fingerprint density at radius 2 is 1.28 bits per heavy atom. The summed E-state index contributed by atoms with van der Waals surface area (Å²) in [6.07, 6.45) is 5.59. The molecule has 8 rings (SSSR count). The van der Waals surface area contributed by atoms with Crippen LogP contribution in [0.15, 0.2) is 24.8 Å². The van der Waals surface area contributed by atoms with Crippen molar-refractivity contribution in [1.29, 1.82) is 0 Å². The molecule has 6 heterocycles. The maximum absolute atomic E-state index is 13.6. The van der Waals surface area contributed by atoms with Gasteiger partial charge >= 0.3 is 0 Å². The summed E-state index contributed by atoms with van der Waals surface area (Å²) >= 11 is 5.95. The van der Waals surface area contributed by atoms with Gasteiger partial charge in [0.25, 0.3) is 11.8 Å². The first-order chi connectivity index (χ1) is 24.8. The Balaban J connectivity index is 0.000000186. The fourth-order valence-corrected chi connectivity index (χ4v) is 8.36. The predicted molar refractivity (Wildman–Crippen MR) is 198 cm³/mol. The molecule has 0 radical (unpaired) electrons. The first-order valence-electron chi connectivity index (χ1n) is 17.9. The molecular weight excluding hydrogens is 710 g/mol. The Morgan fingerprint density at radius 1 is 0.755 bits per heavy atom. The van der Waals surface area contributed by atoms with Crippen molar-refractivity contribution in [3.63, 3.8) is 0 Å². The summed E-state index contributed by atoms with van der Waals surface area (Å²) in [5, 5.41) is 6.38. The van der Waals surface area contributed by atoms with E-state index >= 15 is 0 Å². The molecule has 0 unspecified atom stereocenters. The molecule has 53 heavy (non-hydrogen) atoms. The van der Waals surface area contributed by atoms with Crippen LogP contribution in [-0.2, 0) is 17.3 Å². The molecule has 284 valence electrons. The molecular formula is C37H46ClF4N11. The van der Waals surface area contributed by atoms with Gasteiger partial charge in [0.1, 0.15) is 41.2 Å². The van der Waals surface area contributed by atoms with E-state index in [4.69, 9.17) is 21.6 Å². The van der Waals surface area contributed by atoms with Crippen LogP contribution >= 0.6 is 11.6 Å². The second kappa shape index (κ2) is 12.9. The van der Waals surface area contributed by atoms with E-state index in [-0.39, 0.29) is 53.9 Å². The fraction of sp³-hybridized carbons (Fsp3) is 0.568. The molecule has 2 saturated carbocycles. The van der Waals surface area contributed by atoms with Gasteiger partial charge in [-0.25, -0.2) is 47.5 Å². The maximum atomic E-state index is 13.6. The van der Waals surface area contributed by atoms with Crippen molar-refractivity contribution in [2.75, 3.05) is 47.6 Å². The fourth-order valence-electron chi connectivity index (χ4n) is 8.20. The van der Waals surface area contributed by atoms with Crippen LogP contribution in [0.5, 0.6) is 0 Å². The van der Waals surface area contributed by atoms with Crippen LogP contribution in [0.2, 0.25) is 5.28 Å². The van der Waals surface area contributed by atoms with Gasteiger partial charge in [0, 0.05) is 106 Å². The van der Waals surface area contributed by atoms with Crippen LogP contribution in [0.4, 0.5) is 40.8 Å². The summed E-state index contributed by atoms with van der Waals surface area (Å²) in [5.74, 6) is -0.700. The quantitative estimate of drug-likeness (QED) is 0.148. The molecule has 4 aliphatic rings. The van der Waals surface area contributed by atoms with Crippen molar-refractivity contribution in [3.8, 4) is 5.82 Å². The molecule has 2 N–H and O–H groups in total. The van der Waals surface area contributed by atoms with Gasteiger partial charge in [-0.15, -0.1) is 0 Å². The average Bonchev–Trinajstić information content (AvgIpc) is 3.68. The summed E-state index contributed by atoms with van der Waals surface area (Å²) < 4.78 is 55.5. The van der Waals surface area contributed by atoms with Gasteiger partial charge in [-0.1, -0.05) is 33.8 Å². The lowest BCUT2D eigenvalue weighted by Gasteiger charge is -2.42. The van der Waals surface area contributed by atoms with E-state index in [1.807, 2.05) is 42.8 Å². The van der Waals surface area contributed by atoms with Crippen molar-refractivity contribution in [1.82, 2.24) is 34.5 Å². The maximum Gasteiger partial charge on any atom is 0.252 e. The van der Waals surface area contributed by atoms with Crippen LogP contribution in [0, 0.1) is 13.8 Å². The number of nitrogens with zero attached hydrogens (tertiary/aromatic N) is 9. The number of rotatable bonds is 7. The molecule has 0 amide bonds. The highest BCUT2D eigenvalue weighted by atomic mass is 35.5. The Labute approximate surface area is 312 Å². The van der Waals surface area contributed by atoms with E-state index in [2.05, 4.69) is 69.2 Å². The SMILES string of the molecule is CNc1nc(Cc2cnc(-n3cnc(C)c3)c(C)c2)nc2c1C(C)(C)CN2C1CC(F)(F)C1.CNc1nc(Cl)nc2c1C(C)(C)CN2C1CC(F)(F)C1. The van der Waals surface area contributed by atoms with E-state index in [1.165, 1.54) is 0 Å².